The van der Waals surface area contributed by atoms with Crippen molar-refractivity contribution in [3.8, 4) is 11.8 Å². The van der Waals surface area contributed by atoms with E-state index in [1.165, 1.54) is 12.1 Å². The van der Waals surface area contributed by atoms with Gasteiger partial charge in [-0.3, -0.25) is 0 Å². The third-order valence-corrected chi connectivity index (χ3v) is 5.02. The molecule has 4 rings (SSSR count). The summed E-state index contributed by atoms with van der Waals surface area (Å²) in [7, 11) is 0. The van der Waals surface area contributed by atoms with E-state index in [9.17, 15) is 9.65 Å². The van der Waals surface area contributed by atoms with Crippen LogP contribution in [-0.2, 0) is 0 Å². The molecule has 0 aliphatic carbocycles. The van der Waals surface area contributed by atoms with Gasteiger partial charge in [-0.15, -0.1) is 0 Å². The Hall–Kier alpha value is -3.64. The quantitative estimate of drug-likeness (QED) is 0.383. The zero-order valence-corrected chi connectivity index (χ0v) is 15.8. The van der Waals surface area contributed by atoms with E-state index in [0.717, 1.165) is 39.0 Å². The number of allylic oxidation sites excluding steroid dienone is 1. The van der Waals surface area contributed by atoms with Crippen LogP contribution < -0.4 is 0 Å². The van der Waals surface area contributed by atoms with Gasteiger partial charge in [0.25, 0.3) is 0 Å². The molecule has 0 aliphatic rings. The van der Waals surface area contributed by atoms with Gasteiger partial charge in [0, 0.05) is 17.1 Å². The van der Waals surface area contributed by atoms with Crippen molar-refractivity contribution >= 4 is 22.4 Å². The third-order valence-electron chi connectivity index (χ3n) is 5.02. The van der Waals surface area contributed by atoms with Gasteiger partial charge in [0.1, 0.15) is 5.82 Å². The Morgan fingerprint density at radius 1 is 0.929 bits per heavy atom. The Labute approximate surface area is 163 Å². The molecule has 0 radical (unpaired) electrons. The van der Waals surface area contributed by atoms with Gasteiger partial charge >= 0.3 is 0 Å². The third kappa shape index (κ3) is 3.21. The summed E-state index contributed by atoms with van der Waals surface area (Å²) in [6.07, 6.45) is 1.90. The van der Waals surface area contributed by atoms with Crippen LogP contribution in [0.5, 0.6) is 0 Å². The Morgan fingerprint density at radius 3 is 2.46 bits per heavy atom. The highest BCUT2D eigenvalue weighted by Crippen LogP contribution is 2.27. The molecule has 0 aliphatic heterocycles. The predicted octanol–water partition coefficient (Wildman–Crippen LogP) is 6.45. The zero-order chi connectivity index (χ0) is 19.7. The van der Waals surface area contributed by atoms with Crippen LogP contribution in [0.3, 0.4) is 0 Å². The second-order valence-electron chi connectivity index (χ2n) is 6.87. The minimum absolute atomic E-state index is 0.268. The summed E-state index contributed by atoms with van der Waals surface area (Å²) in [5.74, 6) is -0.268. The molecule has 136 valence electrons. The fourth-order valence-electron chi connectivity index (χ4n) is 3.64. The van der Waals surface area contributed by atoms with Crippen LogP contribution >= 0.6 is 0 Å². The lowest BCUT2D eigenvalue weighted by molar-refractivity contribution is 0.626. The average Bonchev–Trinajstić information content (AvgIpc) is 2.98. The first-order valence-corrected chi connectivity index (χ1v) is 9.12. The molecule has 0 saturated heterocycles. The predicted molar refractivity (Wildman–Crippen MR) is 113 cm³/mol. The van der Waals surface area contributed by atoms with Crippen molar-refractivity contribution in [3.05, 3.63) is 101 Å². The summed E-state index contributed by atoms with van der Waals surface area (Å²) in [6, 6.07) is 25.0. The maximum Gasteiger partial charge on any atom is 0.125 e. The van der Waals surface area contributed by atoms with Crippen LogP contribution in [0, 0.1) is 31.0 Å². The first-order valence-electron chi connectivity index (χ1n) is 9.12. The lowest BCUT2D eigenvalue weighted by atomic mass is 10.0. The monoisotopic (exact) mass is 366 g/mol. The number of aromatic nitrogens is 1. The van der Waals surface area contributed by atoms with E-state index in [1.807, 2.05) is 73.0 Å². The summed E-state index contributed by atoms with van der Waals surface area (Å²) in [6.45, 7) is 3.97. The lowest BCUT2D eigenvalue weighted by Gasteiger charge is -2.09. The molecule has 0 bridgehead atoms. The summed E-state index contributed by atoms with van der Waals surface area (Å²) >= 11 is 0. The number of halogens is 1. The fraction of sp³-hybridized carbons (Fsp3) is 0.0800. The maximum atomic E-state index is 13.7. The Bertz CT molecular complexity index is 1260. The molecule has 0 atom stereocenters. The lowest BCUT2D eigenvalue weighted by Crippen LogP contribution is -1.99. The molecule has 1 heterocycles. The van der Waals surface area contributed by atoms with Crippen molar-refractivity contribution in [3.63, 3.8) is 0 Å². The van der Waals surface area contributed by atoms with Crippen LogP contribution in [0.2, 0.25) is 0 Å². The molecule has 0 fully saturated rings. The van der Waals surface area contributed by atoms with Crippen molar-refractivity contribution in [2.24, 2.45) is 0 Å². The molecule has 28 heavy (non-hydrogen) atoms. The highest BCUT2D eigenvalue weighted by Gasteiger charge is 2.11. The van der Waals surface area contributed by atoms with Crippen molar-refractivity contribution in [1.82, 2.24) is 4.57 Å². The Balaban J connectivity index is 1.80. The molecule has 3 aromatic carbocycles. The van der Waals surface area contributed by atoms with Gasteiger partial charge in [0.2, 0.25) is 0 Å². The van der Waals surface area contributed by atoms with E-state index in [0.29, 0.717) is 5.57 Å². The number of fused-ring (bicyclic) bond motifs is 1. The van der Waals surface area contributed by atoms with Crippen molar-refractivity contribution in [2.75, 3.05) is 0 Å². The van der Waals surface area contributed by atoms with Gasteiger partial charge < -0.3 is 4.57 Å². The van der Waals surface area contributed by atoms with Crippen LogP contribution in [0.1, 0.15) is 22.5 Å². The Kier molecular flexibility index (Phi) is 4.55. The number of hydrogen-bond acceptors (Lipinski definition) is 1. The number of aryl methyl sites for hydroxylation is 1. The summed E-state index contributed by atoms with van der Waals surface area (Å²) in [5.41, 5.74) is 5.18. The molecular weight excluding hydrogens is 347 g/mol. The molecule has 0 unspecified atom stereocenters. The van der Waals surface area contributed by atoms with Crippen molar-refractivity contribution in [1.29, 1.82) is 5.26 Å². The van der Waals surface area contributed by atoms with Crippen LogP contribution in [0.4, 0.5) is 4.39 Å². The van der Waals surface area contributed by atoms with Gasteiger partial charge in [-0.2, -0.15) is 5.26 Å². The van der Waals surface area contributed by atoms with Crippen molar-refractivity contribution < 1.29 is 4.39 Å². The molecule has 0 saturated carbocycles. The van der Waals surface area contributed by atoms with E-state index >= 15 is 0 Å². The number of nitrogens with zero attached hydrogens (tertiary/aromatic N) is 2. The fourth-order valence-corrected chi connectivity index (χ4v) is 3.64. The van der Waals surface area contributed by atoms with E-state index < -0.39 is 0 Å². The summed E-state index contributed by atoms with van der Waals surface area (Å²) in [4.78, 5) is 0. The van der Waals surface area contributed by atoms with E-state index in [4.69, 9.17) is 0 Å². The molecule has 0 amide bonds. The van der Waals surface area contributed by atoms with E-state index in [2.05, 4.69) is 12.1 Å². The smallest absolute Gasteiger partial charge is 0.125 e. The highest BCUT2D eigenvalue weighted by atomic mass is 19.1. The van der Waals surface area contributed by atoms with E-state index in [-0.39, 0.29) is 5.82 Å². The Morgan fingerprint density at radius 2 is 1.71 bits per heavy atom. The molecule has 3 heteroatoms. The minimum Gasteiger partial charge on any atom is -0.318 e. The van der Waals surface area contributed by atoms with Gasteiger partial charge in [0.05, 0.1) is 11.6 Å². The maximum absolute atomic E-state index is 13.7. The second-order valence-corrected chi connectivity index (χ2v) is 6.87. The number of benzene rings is 3. The summed E-state index contributed by atoms with van der Waals surface area (Å²) in [5, 5.41) is 12.0. The van der Waals surface area contributed by atoms with Crippen molar-refractivity contribution in [2.45, 2.75) is 13.8 Å². The normalized spacial score (nSPS) is 11.6. The van der Waals surface area contributed by atoms with Gasteiger partial charge in [-0.1, -0.05) is 42.5 Å². The zero-order valence-electron chi connectivity index (χ0n) is 15.8. The molecule has 0 spiro atoms. The second kappa shape index (κ2) is 7.17. The summed E-state index contributed by atoms with van der Waals surface area (Å²) < 4.78 is 15.7. The van der Waals surface area contributed by atoms with Crippen LogP contribution in [0.15, 0.2) is 72.8 Å². The highest BCUT2D eigenvalue weighted by molar-refractivity contribution is 5.94. The van der Waals surface area contributed by atoms with Gasteiger partial charge in [0.15, 0.2) is 0 Å². The number of hydrogen-bond donors (Lipinski definition) is 0. The van der Waals surface area contributed by atoms with E-state index in [1.54, 1.807) is 6.07 Å². The molecule has 4 aromatic rings. The molecule has 1 aromatic heterocycles. The van der Waals surface area contributed by atoms with Gasteiger partial charge in [-0.05, 0) is 72.2 Å². The average molecular weight is 366 g/mol. The SMILES string of the molecule is Cc1cc(/C=C(/C#N)c2ccc3ccccc3c2)c(C)n1-c1cccc(F)c1. The largest absolute Gasteiger partial charge is 0.318 e. The standard InChI is InChI=1S/C25H19FN2/c1-17-12-22(18(2)28(17)25-9-5-8-24(26)15-25)14-23(16-27)21-11-10-19-6-3-4-7-20(19)13-21/h3-15H,1-2H3/b23-14-. The topological polar surface area (TPSA) is 28.7 Å². The number of nitriles is 1. The van der Waals surface area contributed by atoms with Gasteiger partial charge in [-0.25, -0.2) is 4.39 Å². The number of rotatable bonds is 3. The molecular formula is C25H19FN2. The molecule has 2 nitrogen and oxygen atoms in total. The minimum atomic E-state index is -0.268. The van der Waals surface area contributed by atoms with Crippen LogP contribution in [0.25, 0.3) is 28.1 Å². The van der Waals surface area contributed by atoms with Crippen LogP contribution in [-0.4, -0.2) is 4.57 Å². The molecule has 0 N–H and O–H groups in total. The first-order chi connectivity index (χ1) is 13.6. The first kappa shape index (κ1) is 17.8.